The average Bonchev–Trinajstić information content (AvgIpc) is 3.03. The van der Waals surface area contributed by atoms with Gasteiger partial charge in [-0.1, -0.05) is 6.92 Å². The third-order valence-corrected chi connectivity index (χ3v) is 6.11. The molecule has 0 unspecified atom stereocenters. The highest BCUT2D eigenvalue weighted by Crippen LogP contribution is 2.28. The molecule has 3 aliphatic rings. The normalized spacial score (nSPS) is 21.8. The number of piperidine rings is 1. The maximum atomic E-state index is 13.3. The van der Waals surface area contributed by atoms with Crippen LogP contribution in [-0.4, -0.2) is 71.6 Å². The Bertz CT molecular complexity index is 944. The summed E-state index contributed by atoms with van der Waals surface area (Å²) in [5.74, 6) is 0.550. The van der Waals surface area contributed by atoms with E-state index in [1.807, 2.05) is 19.1 Å². The minimum Gasteiger partial charge on any atom is -0.367 e. The highest BCUT2D eigenvalue weighted by Gasteiger charge is 2.29. The SMILES string of the molecule is CCc1nc2ccc(N3CCN4CCC3CC4)cc2c(=O)n1CC(=O)N(C)C. The standard InChI is InChI=1S/C21H29N5O2/c1-4-19-22-18-6-5-16(25-12-11-24-9-7-15(25)8-10-24)13-17(18)21(28)26(19)14-20(27)23(2)3/h5-6,13,15H,4,7-12,14H2,1-3H3. The van der Waals surface area contributed by atoms with Gasteiger partial charge >= 0.3 is 0 Å². The molecule has 0 saturated carbocycles. The fraction of sp³-hybridized carbons (Fsp3) is 0.571. The van der Waals surface area contributed by atoms with Crippen LogP contribution in [0.1, 0.15) is 25.6 Å². The van der Waals surface area contributed by atoms with E-state index in [2.05, 4.69) is 20.9 Å². The molecule has 3 saturated heterocycles. The second kappa shape index (κ2) is 7.54. The summed E-state index contributed by atoms with van der Waals surface area (Å²) < 4.78 is 1.54. The second-order valence-electron chi connectivity index (χ2n) is 8.03. The number of carbonyl (C=O) groups excluding carboxylic acids is 1. The van der Waals surface area contributed by atoms with E-state index >= 15 is 0 Å². The van der Waals surface area contributed by atoms with E-state index in [0.717, 1.165) is 31.9 Å². The third kappa shape index (κ3) is 3.39. The van der Waals surface area contributed by atoms with Crippen molar-refractivity contribution in [3.63, 3.8) is 0 Å². The molecule has 3 aliphatic heterocycles. The highest BCUT2D eigenvalue weighted by atomic mass is 16.2. The van der Waals surface area contributed by atoms with Crippen LogP contribution < -0.4 is 10.5 Å². The second-order valence-corrected chi connectivity index (χ2v) is 8.03. The van der Waals surface area contributed by atoms with E-state index in [9.17, 15) is 9.59 Å². The van der Waals surface area contributed by atoms with Crippen LogP contribution in [0.25, 0.3) is 10.9 Å². The van der Waals surface area contributed by atoms with Gasteiger partial charge in [0.25, 0.3) is 5.56 Å². The average molecular weight is 383 g/mol. The van der Waals surface area contributed by atoms with Crippen LogP contribution in [0, 0.1) is 0 Å². The molecule has 1 aromatic heterocycles. The zero-order valence-electron chi connectivity index (χ0n) is 17.0. The predicted octanol–water partition coefficient (Wildman–Crippen LogP) is 1.33. The minimum absolute atomic E-state index is 0.0312. The lowest BCUT2D eigenvalue weighted by Crippen LogP contribution is -2.38. The lowest BCUT2D eigenvalue weighted by Gasteiger charge is -2.33. The van der Waals surface area contributed by atoms with Crippen molar-refractivity contribution in [1.82, 2.24) is 19.4 Å². The fourth-order valence-corrected chi connectivity index (χ4v) is 4.37. The molecule has 7 heteroatoms. The molecular formula is C21H29N5O2. The first-order valence-electron chi connectivity index (χ1n) is 10.2. The van der Waals surface area contributed by atoms with E-state index in [1.54, 1.807) is 14.1 Å². The molecule has 5 rings (SSSR count). The first-order chi connectivity index (χ1) is 13.5. The Kier molecular flexibility index (Phi) is 5.10. The topological polar surface area (TPSA) is 61.7 Å². The molecule has 4 heterocycles. The number of fused-ring (bicyclic) bond motifs is 5. The van der Waals surface area contributed by atoms with Crippen LogP contribution in [0.2, 0.25) is 0 Å². The van der Waals surface area contributed by atoms with Crippen LogP contribution >= 0.6 is 0 Å². The van der Waals surface area contributed by atoms with Gasteiger partial charge < -0.3 is 14.7 Å². The van der Waals surface area contributed by atoms with Crippen molar-refractivity contribution in [3.8, 4) is 0 Å². The summed E-state index contributed by atoms with van der Waals surface area (Å²) in [5, 5.41) is 0.598. The van der Waals surface area contributed by atoms with Crippen LogP contribution in [0.5, 0.6) is 0 Å². The van der Waals surface area contributed by atoms with Crippen LogP contribution in [0.15, 0.2) is 23.0 Å². The molecule has 2 aromatic rings. The maximum absolute atomic E-state index is 13.3. The van der Waals surface area contributed by atoms with Gasteiger partial charge in [-0.25, -0.2) is 4.98 Å². The monoisotopic (exact) mass is 383 g/mol. The van der Waals surface area contributed by atoms with E-state index in [-0.39, 0.29) is 18.0 Å². The molecule has 2 bridgehead atoms. The first-order valence-corrected chi connectivity index (χ1v) is 10.2. The summed E-state index contributed by atoms with van der Waals surface area (Å²) >= 11 is 0. The predicted molar refractivity (Wildman–Crippen MR) is 111 cm³/mol. The Morgan fingerprint density at radius 2 is 1.93 bits per heavy atom. The Hall–Kier alpha value is -2.41. The van der Waals surface area contributed by atoms with Crippen molar-refractivity contribution in [2.24, 2.45) is 0 Å². The number of rotatable bonds is 4. The van der Waals surface area contributed by atoms with Gasteiger partial charge in [-0.05, 0) is 31.0 Å². The molecule has 28 heavy (non-hydrogen) atoms. The summed E-state index contributed by atoms with van der Waals surface area (Å²) in [7, 11) is 3.41. The van der Waals surface area contributed by atoms with Crippen molar-refractivity contribution in [2.75, 3.05) is 45.2 Å². The fourth-order valence-electron chi connectivity index (χ4n) is 4.37. The van der Waals surface area contributed by atoms with Crippen molar-refractivity contribution in [3.05, 3.63) is 34.4 Å². The third-order valence-electron chi connectivity index (χ3n) is 6.11. The highest BCUT2D eigenvalue weighted by molar-refractivity contribution is 5.82. The molecule has 3 fully saturated rings. The zero-order chi connectivity index (χ0) is 19.8. The molecule has 0 atom stereocenters. The maximum Gasteiger partial charge on any atom is 0.261 e. The van der Waals surface area contributed by atoms with Crippen LogP contribution in [0.3, 0.4) is 0 Å². The number of amides is 1. The number of aryl methyl sites for hydroxylation is 1. The largest absolute Gasteiger partial charge is 0.367 e. The smallest absolute Gasteiger partial charge is 0.261 e. The Morgan fingerprint density at radius 1 is 1.18 bits per heavy atom. The van der Waals surface area contributed by atoms with E-state index in [4.69, 9.17) is 0 Å². The number of nitrogens with zero attached hydrogens (tertiary/aromatic N) is 5. The number of likely N-dealkylation sites (N-methyl/N-ethyl adjacent to an activating group) is 1. The number of hydrogen-bond donors (Lipinski definition) is 0. The molecule has 1 aromatic carbocycles. The molecule has 0 N–H and O–H groups in total. The van der Waals surface area contributed by atoms with Crippen LogP contribution in [0.4, 0.5) is 5.69 Å². The summed E-state index contributed by atoms with van der Waals surface area (Å²) in [6, 6.07) is 6.57. The number of anilines is 1. The lowest BCUT2D eigenvalue weighted by molar-refractivity contribution is -0.129. The quantitative estimate of drug-likeness (QED) is 0.797. The van der Waals surface area contributed by atoms with Gasteiger partial charge in [0.15, 0.2) is 0 Å². The Morgan fingerprint density at radius 3 is 2.61 bits per heavy atom. The summed E-state index contributed by atoms with van der Waals surface area (Å²) in [5.41, 5.74) is 1.68. The molecule has 0 radical (unpaired) electrons. The van der Waals surface area contributed by atoms with Gasteiger partial charge in [-0.3, -0.25) is 14.2 Å². The van der Waals surface area contributed by atoms with Crippen molar-refractivity contribution >= 4 is 22.5 Å². The first kappa shape index (κ1) is 18.9. The number of hydrogen-bond acceptors (Lipinski definition) is 5. The molecule has 7 nitrogen and oxygen atoms in total. The molecule has 1 amide bonds. The van der Waals surface area contributed by atoms with Crippen molar-refractivity contribution < 1.29 is 4.79 Å². The molecule has 0 spiro atoms. The van der Waals surface area contributed by atoms with Crippen molar-refractivity contribution in [1.29, 1.82) is 0 Å². The molecule has 0 aliphatic carbocycles. The minimum atomic E-state index is -0.123. The number of carbonyl (C=O) groups is 1. The van der Waals surface area contributed by atoms with Gasteiger partial charge in [0, 0.05) is 58.4 Å². The summed E-state index contributed by atoms with van der Waals surface area (Å²) in [6.45, 7) is 6.38. The Balaban J connectivity index is 1.77. The van der Waals surface area contributed by atoms with E-state index in [1.165, 1.54) is 22.3 Å². The molecular weight excluding hydrogens is 354 g/mol. The van der Waals surface area contributed by atoms with Gasteiger partial charge in [-0.2, -0.15) is 0 Å². The van der Waals surface area contributed by atoms with Gasteiger partial charge in [0.05, 0.1) is 10.9 Å². The van der Waals surface area contributed by atoms with Gasteiger partial charge in [-0.15, -0.1) is 0 Å². The Labute approximate surface area is 165 Å². The van der Waals surface area contributed by atoms with Gasteiger partial charge in [0.1, 0.15) is 12.4 Å². The van der Waals surface area contributed by atoms with Gasteiger partial charge in [0.2, 0.25) is 5.91 Å². The summed E-state index contributed by atoms with van der Waals surface area (Å²) in [6.07, 6.45) is 2.96. The summed E-state index contributed by atoms with van der Waals surface area (Å²) in [4.78, 5) is 36.7. The number of aromatic nitrogens is 2. The number of benzene rings is 1. The zero-order valence-corrected chi connectivity index (χ0v) is 17.0. The van der Waals surface area contributed by atoms with Crippen molar-refractivity contribution in [2.45, 2.75) is 38.8 Å². The van der Waals surface area contributed by atoms with Crippen LogP contribution in [-0.2, 0) is 17.8 Å². The lowest BCUT2D eigenvalue weighted by atomic mass is 10.0. The van der Waals surface area contributed by atoms with E-state index in [0.29, 0.717) is 29.2 Å². The molecule has 150 valence electrons. The van der Waals surface area contributed by atoms with E-state index < -0.39 is 0 Å².